The van der Waals surface area contributed by atoms with Crippen molar-refractivity contribution in [2.24, 2.45) is 11.8 Å². The minimum Gasteiger partial charge on any atom is -0.344 e. The van der Waals surface area contributed by atoms with E-state index in [1.165, 1.54) is 11.1 Å². The van der Waals surface area contributed by atoms with Crippen molar-refractivity contribution < 1.29 is 14.3 Å². The molecule has 1 aliphatic carbocycles. The van der Waals surface area contributed by atoms with E-state index in [4.69, 9.17) is 9.47 Å². The minimum atomic E-state index is -0.859. The average molecular weight is 332 g/mol. The molecule has 3 heteroatoms. The third-order valence-electron chi connectivity index (χ3n) is 4.95. The standard InChI is InChI=1S/C21H32O3/c1-16(2)19-9-8-17(3)6-5-7-18(4)14-21(23-12-13-24-21)15-20(22)11-10-19/h6,10-11,14,16,19H,5,7-9,12-13,15H2,1-4H3/b11-10+,17-6+,18-14+. The first-order valence-electron chi connectivity index (χ1n) is 9.23. The van der Waals surface area contributed by atoms with Gasteiger partial charge in [-0.25, -0.2) is 0 Å². The molecule has 0 N–H and O–H groups in total. The maximum absolute atomic E-state index is 12.5. The van der Waals surface area contributed by atoms with Gasteiger partial charge in [0.15, 0.2) is 11.6 Å². The Balaban J connectivity index is 2.24. The molecule has 134 valence electrons. The van der Waals surface area contributed by atoms with Crippen molar-refractivity contribution in [2.45, 2.75) is 65.6 Å². The fraction of sp³-hybridized carbons (Fsp3) is 0.667. The van der Waals surface area contributed by atoms with E-state index in [0.29, 0.717) is 25.0 Å². The second-order valence-corrected chi connectivity index (χ2v) is 7.54. The number of carbonyl (C=O) groups excluding carboxylic acids is 1. The smallest absolute Gasteiger partial charge is 0.195 e. The Bertz CT molecular complexity index is 519. The highest BCUT2D eigenvalue weighted by Crippen LogP contribution is 2.29. The molecule has 2 aliphatic rings. The van der Waals surface area contributed by atoms with E-state index in [0.717, 1.165) is 25.7 Å². The summed E-state index contributed by atoms with van der Waals surface area (Å²) in [5.41, 5.74) is 2.66. The number of ketones is 1. The average Bonchev–Trinajstić information content (AvgIpc) is 2.93. The van der Waals surface area contributed by atoms with Gasteiger partial charge in [0.1, 0.15) is 0 Å². The van der Waals surface area contributed by atoms with Crippen LogP contribution in [0.2, 0.25) is 0 Å². The molecule has 0 amide bonds. The van der Waals surface area contributed by atoms with E-state index in [1.807, 2.05) is 6.08 Å². The highest BCUT2D eigenvalue weighted by molar-refractivity contribution is 5.90. The molecule has 0 bridgehead atoms. The molecule has 0 saturated carbocycles. The van der Waals surface area contributed by atoms with E-state index in [1.54, 1.807) is 6.08 Å². The first kappa shape index (κ1) is 19.1. The van der Waals surface area contributed by atoms with Crippen LogP contribution >= 0.6 is 0 Å². The van der Waals surface area contributed by atoms with Crippen LogP contribution in [0.3, 0.4) is 0 Å². The van der Waals surface area contributed by atoms with Crippen molar-refractivity contribution in [2.75, 3.05) is 13.2 Å². The summed E-state index contributed by atoms with van der Waals surface area (Å²) in [6.45, 7) is 9.85. The molecule has 24 heavy (non-hydrogen) atoms. The lowest BCUT2D eigenvalue weighted by molar-refractivity contribution is -0.141. The lowest BCUT2D eigenvalue weighted by Gasteiger charge is -2.24. The molecule has 1 saturated heterocycles. The molecular formula is C21H32O3. The molecule has 1 fully saturated rings. The van der Waals surface area contributed by atoms with Crippen LogP contribution in [-0.2, 0) is 14.3 Å². The van der Waals surface area contributed by atoms with Gasteiger partial charge >= 0.3 is 0 Å². The molecule has 0 aromatic rings. The maximum Gasteiger partial charge on any atom is 0.195 e. The quantitative estimate of drug-likeness (QED) is 0.635. The Kier molecular flexibility index (Phi) is 7.00. The number of rotatable bonds is 1. The SMILES string of the molecule is C/C1=C\C2(CC(=O)/C=C/C(C(C)C)CC/C(C)=C/CC1)OCCO2. The fourth-order valence-corrected chi connectivity index (χ4v) is 3.38. The van der Waals surface area contributed by atoms with Crippen molar-refractivity contribution in [3.8, 4) is 0 Å². The monoisotopic (exact) mass is 332 g/mol. The van der Waals surface area contributed by atoms with Gasteiger partial charge in [-0.2, -0.15) is 0 Å². The topological polar surface area (TPSA) is 35.5 Å². The van der Waals surface area contributed by atoms with Gasteiger partial charge in [0, 0.05) is 0 Å². The third kappa shape index (κ3) is 5.71. The molecule has 1 heterocycles. The Morgan fingerprint density at radius 2 is 1.83 bits per heavy atom. The van der Waals surface area contributed by atoms with Crippen LogP contribution in [0.5, 0.6) is 0 Å². The van der Waals surface area contributed by atoms with Crippen LogP contribution in [-0.4, -0.2) is 24.8 Å². The van der Waals surface area contributed by atoms with E-state index in [-0.39, 0.29) is 12.2 Å². The molecule has 3 nitrogen and oxygen atoms in total. The lowest BCUT2D eigenvalue weighted by Crippen LogP contribution is -2.30. The Labute approximate surface area is 146 Å². The second kappa shape index (κ2) is 8.77. The number of carbonyl (C=O) groups is 1. The summed E-state index contributed by atoms with van der Waals surface area (Å²) in [7, 11) is 0. The highest BCUT2D eigenvalue weighted by Gasteiger charge is 2.36. The molecule has 0 radical (unpaired) electrons. The van der Waals surface area contributed by atoms with Crippen LogP contribution in [0, 0.1) is 11.8 Å². The summed E-state index contributed by atoms with van der Waals surface area (Å²) >= 11 is 0. The first-order chi connectivity index (χ1) is 11.4. The fourth-order valence-electron chi connectivity index (χ4n) is 3.38. The predicted molar refractivity (Wildman–Crippen MR) is 97.7 cm³/mol. The molecule has 1 spiro atoms. The third-order valence-corrected chi connectivity index (χ3v) is 4.95. The van der Waals surface area contributed by atoms with E-state index in [9.17, 15) is 4.79 Å². The van der Waals surface area contributed by atoms with Gasteiger partial charge in [0.25, 0.3) is 0 Å². The van der Waals surface area contributed by atoms with Crippen molar-refractivity contribution in [3.63, 3.8) is 0 Å². The number of hydrogen-bond donors (Lipinski definition) is 0. The van der Waals surface area contributed by atoms with Crippen LogP contribution < -0.4 is 0 Å². The van der Waals surface area contributed by atoms with Crippen molar-refractivity contribution in [1.29, 1.82) is 0 Å². The predicted octanol–water partition coefficient (Wildman–Crippen LogP) is 4.98. The number of allylic oxidation sites excluding steroid dienone is 5. The van der Waals surface area contributed by atoms with Crippen LogP contribution in [0.1, 0.15) is 59.8 Å². The van der Waals surface area contributed by atoms with Gasteiger partial charge in [-0.15, -0.1) is 0 Å². The summed E-state index contributed by atoms with van der Waals surface area (Å²) < 4.78 is 11.6. The molecule has 1 unspecified atom stereocenters. The number of hydrogen-bond acceptors (Lipinski definition) is 3. The van der Waals surface area contributed by atoms with Crippen LogP contribution in [0.25, 0.3) is 0 Å². The summed E-state index contributed by atoms with van der Waals surface area (Å²) in [6, 6.07) is 0. The molecule has 2 rings (SSSR count). The van der Waals surface area contributed by atoms with Crippen molar-refractivity contribution in [3.05, 3.63) is 35.5 Å². The van der Waals surface area contributed by atoms with Gasteiger partial charge in [-0.1, -0.05) is 37.1 Å². The second-order valence-electron chi connectivity index (χ2n) is 7.54. The van der Waals surface area contributed by atoms with Crippen molar-refractivity contribution >= 4 is 5.78 Å². The molecule has 1 atom stereocenters. The molecule has 1 aliphatic heterocycles. The van der Waals surface area contributed by atoms with Gasteiger partial charge in [-0.05, 0) is 63.5 Å². The molecular weight excluding hydrogens is 300 g/mol. The zero-order chi connectivity index (χ0) is 17.6. The van der Waals surface area contributed by atoms with E-state index >= 15 is 0 Å². The summed E-state index contributed by atoms with van der Waals surface area (Å²) in [5.74, 6) is 0.182. The van der Waals surface area contributed by atoms with Crippen LogP contribution in [0.15, 0.2) is 35.5 Å². The Hall–Kier alpha value is -1.19. The summed E-state index contributed by atoms with van der Waals surface area (Å²) in [6.07, 6.45) is 12.6. The van der Waals surface area contributed by atoms with E-state index < -0.39 is 5.79 Å². The lowest BCUT2D eigenvalue weighted by atomic mass is 9.88. The van der Waals surface area contributed by atoms with Gasteiger partial charge < -0.3 is 9.47 Å². The highest BCUT2D eigenvalue weighted by atomic mass is 16.7. The number of ether oxygens (including phenoxy) is 2. The van der Waals surface area contributed by atoms with E-state index in [2.05, 4.69) is 39.8 Å². The zero-order valence-corrected chi connectivity index (χ0v) is 15.6. The van der Waals surface area contributed by atoms with Gasteiger partial charge in [-0.3, -0.25) is 4.79 Å². The van der Waals surface area contributed by atoms with Crippen LogP contribution in [0.4, 0.5) is 0 Å². The maximum atomic E-state index is 12.5. The normalized spacial score (nSPS) is 32.0. The molecule has 0 aromatic heterocycles. The largest absolute Gasteiger partial charge is 0.344 e. The Morgan fingerprint density at radius 3 is 2.50 bits per heavy atom. The van der Waals surface area contributed by atoms with Crippen molar-refractivity contribution in [1.82, 2.24) is 0 Å². The minimum absolute atomic E-state index is 0.0796. The summed E-state index contributed by atoms with van der Waals surface area (Å²) in [4.78, 5) is 12.5. The Morgan fingerprint density at radius 1 is 1.12 bits per heavy atom. The molecule has 0 aromatic carbocycles. The first-order valence-corrected chi connectivity index (χ1v) is 9.23. The summed E-state index contributed by atoms with van der Waals surface area (Å²) in [5, 5.41) is 0. The van der Waals surface area contributed by atoms with Gasteiger partial charge in [0.05, 0.1) is 19.6 Å². The zero-order valence-electron chi connectivity index (χ0n) is 15.6. The van der Waals surface area contributed by atoms with Gasteiger partial charge in [0.2, 0.25) is 0 Å².